The van der Waals surface area contributed by atoms with Gasteiger partial charge in [-0.2, -0.15) is 0 Å². The summed E-state index contributed by atoms with van der Waals surface area (Å²) >= 11 is 6.08. The Morgan fingerprint density at radius 3 is 2.38 bits per heavy atom. The van der Waals surface area contributed by atoms with Gasteiger partial charge in [0.2, 0.25) is 11.8 Å². The molecule has 0 aliphatic carbocycles. The molecule has 2 amide bonds. The molecule has 1 fully saturated rings. The van der Waals surface area contributed by atoms with E-state index >= 15 is 0 Å². The molecule has 1 saturated heterocycles. The van der Waals surface area contributed by atoms with Crippen LogP contribution in [0.15, 0.2) is 24.3 Å². The van der Waals surface area contributed by atoms with Gasteiger partial charge >= 0.3 is 0 Å². The van der Waals surface area contributed by atoms with Crippen LogP contribution in [0.3, 0.4) is 0 Å². The van der Waals surface area contributed by atoms with E-state index in [9.17, 15) is 9.59 Å². The number of halogens is 1. The maximum Gasteiger partial charge on any atom is 0.241 e. The van der Waals surface area contributed by atoms with E-state index in [1.807, 2.05) is 32.9 Å². The molecular formula is C18H26ClN3O2. The first-order valence-corrected chi connectivity index (χ1v) is 8.86. The third-order valence-corrected chi connectivity index (χ3v) is 4.72. The molecule has 1 aliphatic rings. The Labute approximate surface area is 148 Å². The van der Waals surface area contributed by atoms with Gasteiger partial charge < -0.3 is 10.6 Å². The van der Waals surface area contributed by atoms with Crippen LogP contribution in [0, 0.1) is 5.92 Å². The van der Waals surface area contributed by atoms with Gasteiger partial charge in [-0.1, -0.05) is 23.7 Å². The van der Waals surface area contributed by atoms with Gasteiger partial charge in [0.05, 0.1) is 16.8 Å². The van der Waals surface area contributed by atoms with Crippen molar-refractivity contribution in [3.63, 3.8) is 0 Å². The third-order valence-electron chi connectivity index (χ3n) is 4.39. The summed E-state index contributed by atoms with van der Waals surface area (Å²) in [6.45, 7) is 7.31. The first kappa shape index (κ1) is 18.7. The maximum atomic E-state index is 12.4. The largest absolute Gasteiger partial charge is 0.354 e. The number of nitrogens with one attached hydrogen (secondary N) is 2. The Kier molecular flexibility index (Phi) is 6.63. The van der Waals surface area contributed by atoms with E-state index in [0.717, 1.165) is 25.9 Å². The molecule has 132 valence electrons. The zero-order chi connectivity index (χ0) is 17.7. The number of carbonyl (C=O) groups is 2. The molecule has 1 unspecified atom stereocenters. The normalized spacial score (nSPS) is 17.5. The molecule has 2 N–H and O–H groups in total. The second-order valence-corrected chi connectivity index (χ2v) is 7.03. The number of likely N-dealkylation sites (tertiary alicyclic amines) is 1. The molecular weight excluding hydrogens is 326 g/mol. The van der Waals surface area contributed by atoms with E-state index in [-0.39, 0.29) is 29.8 Å². The molecule has 1 aliphatic heterocycles. The van der Waals surface area contributed by atoms with E-state index in [1.165, 1.54) is 0 Å². The van der Waals surface area contributed by atoms with Gasteiger partial charge in [0, 0.05) is 12.0 Å². The Hall–Kier alpha value is -1.59. The number of piperidine rings is 1. The number of carbonyl (C=O) groups excluding carboxylic acids is 2. The van der Waals surface area contributed by atoms with Crippen molar-refractivity contribution in [3.05, 3.63) is 29.3 Å². The van der Waals surface area contributed by atoms with Crippen LogP contribution in [0.1, 0.15) is 33.6 Å². The second-order valence-electron chi connectivity index (χ2n) is 6.62. The molecule has 1 atom stereocenters. The fourth-order valence-electron chi connectivity index (χ4n) is 2.92. The summed E-state index contributed by atoms with van der Waals surface area (Å²) in [4.78, 5) is 26.6. The minimum absolute atomic E-state index is 0.0440. The van der Waals surface area contributed by atoms with Crippen LogP contribution in [0.25, 0.3) is 0 Å². The lowest BCUT2D eigenvalue weighted by Crippen LogP contribution is -2.48. The average Bonchev–Trinajstić information content (AvgIpc) is 2.55. The number of rotatable bonds is 5. The van der Waals surface area contributed by atoms with Gasteiger partial charge in [-0.15, -0.1) is 0 Å². The molecule has 24 heavy (non-hydrogen) atoms. The Morgan fingerprint density at radius 1 is 1.17 bits per heavy atom. The average molecular weight is 352 g/mol. The van der Waals surface area contributed by atoms with Crippen molar-refractivity contribution in [2.75, 3.05) is 18.4 Å². The highest BCUT2D eigenvalue weighted by Gasteiger charge is 2.30. The number of para-hydroxylation sites is 1. The van der Waals surface area contributed by atoms with E-state index in [0.29, 0.717) is 10.7 Å². The molecule has 0 spiro atoms. The molecule has 2 rings (SSSR count). The summed E-state index contributed by atoms with van der Waals surface area (Å²) in [6.07, 6.45) is 1.56. The predicted molar refractivity (Wildman–Crippen MR) is 97.1 cm³/mol. The number of amides is 2. The molecule has 1 aromatic carbocycles. The second kappa shape index (κ2) is 8.49. The molecule has 0 saturated carbocycles. The predicted octanol–water partition coefficient (Wildman–Crippen LogP) is 2.90. The number of hydrogen-bond acceptors (Lipinski definition) is 3. The van der Waals surface area contributed by atoms with E-state index in [4.69, 9.17) is 11.6 Å². The quantitative estimate of drug-likeness (QED) is 0.857. The van der Waals surface area contributed by atoms with Gasteiger partial charge in [0.15, 0.2) is 0 Å². The van der Waals surface area contributed by atoms with Crippen molar-refractivity contribution < 1.29 is 9.59 Å². The van der Waals surface area contributed by atoms with Gasteiger partial charge in [0.25, 0.3) is 0 Å². The van der Waals surface area contributed by atoms with Crippen LogP contribution in [0.4, 0.5) is 5.69 Å². The van der Waals surface area contributed by atoms with Crippen molar-refractivity contribution in [1.82, 2.24) is 10.2 Å². The minimum Gasteiger partial charge on any atom is -0.354 e. The highest BCUT2D eigenvalue weighted by Crippen LogP contribution is 2.23. The Balaban J connectivity index is 1.86. The molecule has 0 bridgehead atoms. The van der Waals surface area contributed by atoms with Gasteiger partial charge in [-0.25, -0.2) is 0 Å². The SMILES string of the molecule is CC(C)NC(=O)C1CCN(C(C)C(=O)Nc2ccccc2Cl)CC1. The summed E-state index contributed by atoms with van der Waals surface area (Å²) in [7, 11) is 0. The van der Waals surface area contributed by atoms with E-state index < -0.39 is 0 Å². The van der Waals surface area contributed by atoms with Crippen molar-refractivity contribution in [2.24, 2.45) is 5.92 Å². The Bertz CT molecular complexity index is 583. The fraction of sp³-hybridized carbons (Fsp3) is 0.556. The van der Waals surface area contributed by atoms with Crippen LogP contribution in [-0.2, 0) is 9.59 Å². The lowest BCUT2D eigenvalue weighted by molar-refractivity contribution is -0.127. The first-order valence-electron chi connectivity index (χ1n) is 8.48. The summed E-state index contributed by atoms with van der Waals surface area (Å²) in [6, 6.07) is 7.11. The number of anilines is 1. The van der Waals surface area contributed by atoms with E-state index in [1.54, 1.807) is 12.1 Å². The van der Waals surface area contributed by atoms with E-state index in [2.05, 4.69) is 15.5 Å². The molecule has 5 nitrogen and oxygen atoms in total. The summed E-state index contributed by atoms with van der Waals surface area (Å²) < 4.78 is 0. The Morgan fingerprint density at radius 2 is 1.79 bits per heavy atom. The molecule has 1 heterocycles. The molecule has 0 aromatic heterocycles. The maximum absolute atomic E-state index is 12.4. The number of benzene rings is 1. The highest BCUT2D eigenvalue weighted by molar-refractivity contribution is 6.33. The monoisotopic (exact) mass is 351 g/mol. The highest BCUT2D eigenvalue weighted by atomic mass is 35.5. The molecule has 0 radical (unpaired) electrons. The first-order chi connectivity index (χ1) is 11.4. The van der Waals surface area contributed by atoms with Crippen LogP contribution >= 0.6 is 11.6 Å². The zero-order valence-corrected chi connectivity index (χ0v) is 15.3. The van der Waals surface area contributed by atoms with Crippen molar-refractivity contribution in [1.29, 1.82) is 0 Å². The minimum atomic E-state index is -0.254. The zero-order valence-electron chi connectivity index (χ0n) is 14.5. The van der Waals surface area contributed by atoms with Gasteiger partial charge in [0.1, 0.15) is 0 Å². The molecule has 1 aromatic rings. The van der Waals surface area contributed by atoms with Crippen molar-refractivity contribution in [3.8, 4) is 0 Å². The fourth-order valence-corrected chi connectivity index (χ4v) is 3.10. The van der Waals surface area contributed by atoms with Crippen LogP contribution in [0.2, 0.25) is 5.02 Å². The standard InChI is InChI=1S/C18H26ClN3O2/c1-12(2)20-18(24)14-8-10-22(11-9-14)13(3)17(23)21-16-7-5-4-6-15(16)19/h4-7,12-14H,8-11H2,1-3H3,(H,20,24)(H,21,23). The molecule has 6 heteroatoms. The topological polar surface area (TPSA) is 61.4 Å². The van der Waals surface area contributed by atoms with Crippen molar-refractivity contribution >= 4 is 29.1 Å². The van der Waals surface area contributed by atoms with Crippen LogP contribution < -0.4 is 10.6 Å². The lowest BCUT2D eigenvalue weighted by atomic mass is 9.94. The lowest BCUT2D eigenvalue weighted by Gasteiger charge is -2.35. The van der Waals surface area contributed by atoms with Gasteiger partial charge in [-0.05, 0) is 58.8 Å². The summed E-state index contributed by atoms with van der Waals surface area (Å²) in [5.74, 6) is 0.0912. The third kappa shape index (κ3) is 4.95. The van der Waals surface area contributed by atoms with Crippen molar-refractivity contribution in [2.45, 2.75) is 45.7 Å². The number of hydrogen-bond donors (Lipinski definition) is 2. The smallest absolute Gasteiger partial charge is 0.241 e. The van der Waals surface area contributed by atoms with Gasteiger partial charge in [-0.3, -0.25) is 14.5 Å². The summed E-state index contributed by atoms with van der Waals surface area (Å²) in [5.41, 5.74) is 0.627. The summed E-state index contributed by atoms with van der Waals surface area (Å²) in [5, 5.41) is 6.37. The van der Waals surface area contributed by atoms with Crippen LogP contribution in [0.5, 0.6) is 0 Å². The number of nitrogens with zero attached hydrogens (tertiary/aromatic N) is 1. The van der Waals surface area contributed by atoms with Crippen LogP contribution in [-0.4, -0.2) is 41.9 Å².